The molecule has 2 aromatic rings. The number of anilines is 1. The van der Waals surface area contributed by atoms with E-state index in [0.717, 1.165) is 5.56 Å². The van der Waals surface area contributed by atoms with Crippen molar-refractivity contribution < 1.29 is 14.8 Å². The number of benzene rings is 1. The maximum Gasteiger partial charge on any atom is 0.292 e. The normalized spacial score (nSPS) is 11.7. The molecule has 0 aliphatic rings. The third-order valence-electron chi connectivity index (χ3n) is 2.96. The van der Waals surface area contributed by atoms with E-state index in [0.29, 0.717) is 0 Å². The van der Waals surface area contributed by atoms with Gasteiger partial charge in [-0.2, -0.15) is 11.3 Å². The zero-order chi connectivity index (χ0) is 15.9. The summed E-state index contributed by atoms with van der Waals surface area (Å²) >= 11 is 1.47. The number of amides is 1. The number of nitro groups is 1. The number of carbonyl (C=O) groups is 1. The highest BCUT2D eigenvalue weighted by atomic mass is 32.1. The minimum absolute atomic E-state index is 0.0893. The van der Waals surface area contributed by atoms with Crippen LogP contribution in [-0.2, 0) is 4.79 Å². The highest BCUT2D eigenvalue weighted by Gasteiger charge is 2.14. The van der Waals surface area contributed by atoms with Crippen LogP contribution in [0.25, 0.3) is 0 Å². The van der Waals surface area contributed by atoms with Gasteiger partial charge in [-0.15, -0.1) is 0 Å². The van der Waals surface area contributed by atoms with Crippen LogP contribution in [-0.4, -0.2) is 29.0 Å². The van der Waals surface area contributed by atoms with Gasteiger partial charge in [-0.3, -0.25) is 14.9 Å². The SMILES string of the molecule is O=C(CNc1ccccc1[N+](=O)[O-])NCC(O)c1ccsc1. The van der Waals surface area contributed by atoms with E-state index in [9.17, 15) is 20.0 Å². The van der Waals surface area contributed by atoms with E-state index in [1.807, 2.05) is 10.8 Å². The van der Waals surface area contributed by atoms with Crippen molar-refractivity contribution in [2.75, 3.05) is 18.4 Å². The number of nitrogens with zero attached hydrogens (tertiary/aromatic N) is 1. The molecular formula is C14H15N3O4S. The van der Waals surface area contributed by atoms with Crippen molar-refractivity contribution in [1.82, 2.24) is 5.32 Å². The minimum atomic E-state index is -0.763. The number of hydrogen-bond acceptors (Lipinski definition) is 6. The standard InChI is InChI=1S/C14H15N3O4S/c18-13(10-5-6-22-9-10)7-16-14(19)8-15-11-3-1-2-4-12(11)17(20)21/h1-6,9,13,15,18H,7-8H2,(H,16,19). The van der Waals surface area contributed by atoms with Gasteiger partial charge in [-0.05, 0) is 28.5 Å². The second-order valence-electron chi connectivity index (χ2n) is 4.50. The summed E-state index contributed by atoms with van der Waals surface area (Å²) in [5.74, 6) is -0.354. The van der Waals surface area contributed by atoms with Crippen LogP contribution in [0.5, 0.6) is 0 Å². The highest BCUT2D eigenvalue weighted by Crippen LogP contribution is 2.22. The van der Waals surface area contributed by atoms with Gasteiger partial charge in [0.25, 0.3) is 5.69 Å². The number of hydrogen-bond donors (Lipinski definition) is 3. The second-order valence-corrected chi connectivity index (χ2v) is 5.28. The number of aliphatic hydroxyl groups is 1. The van der Waals surface area contributed by atoms with E-state index < -0.39 is 11.0 Å². The van der Waals surface area contributed by atoms with Crippen molar-refractivity contribution in [2.24, 2.45) is 0 Å². The Morgan fingerprint density at radius 1 is 1.36 bits per heavy atom. The molecule has 1 unspecified atom stereocenters. The first-order valence-electron chi connectivity index (χ1n) is 6.52. The molecule has 7 nitrogen and oxygen atoms in total. The van der Waals surface area contributed by atoms with Gasteiger partial charge in [-0.25, -0.2) is 0 Å². The van der Waals surface area contributed by atoms with Crippen LogP contribution >= 0.6 is 11.3 Å². The zero-order valence-electron chi connectivity index (χ0n) is 11.6. The van der Waals surface area contributed by atoms with E-state index in [2.05, 4.69) is 10.6 Å². The van der Waals surface area contributed by atoms with Gasteiger partial charge < -0.3 is 15.7 Å². The number of para-hydroxylation sites is 2. The molecule has 0 spiro atoms. The van der Waals surface area contributed by atoms with Crippen molar-refractivity contribution in [1.29, 1.82) is 0 Å². The lowest BCUT2D eigenvalue weighted by Crippen LogP contribution is -2.33. The first-order valence-corrected chi connectivity index (χ1v) is 7.46. The van der Waals surface area contributed by atoms with Crippen molar-refractivity contribution in [2.45, 2.75) is 6.10 Å². The molecule has 0 radical (unpaired) electrons. The molecule has 8 heteroatoms. The second kappa shape index (κ2) is 7.53. The quantitative estimate of drug-likeness (QED) is 0.534. The molecule has 0 saturated heterocycles. The average Bonchev–Trinajstić information content (AvgIpc) is 3.05. The largest absolute Gasteiger partial charge is 0.387 e. The monoisotopic (exact) mass is 321 g/mol. The molecule has 0 aliphatic heterocycles. The third-order valence-corrected chi connectivity index (χ3v) is 3.66. The summed E-state index contributed by atoms with van der Waals surface area (Å²) in [5.41, 5.74) is 0.937. The molecule has 1 aromatic carbocycles. The Kier molecular flexibility index (Phi) is 5.45. The Bertz CT molecular complexity index is 645. The van der Waals surface area contributed by atoms with Crippen LogP contribution in [0.1, 0.15) is 11.7 Å². The molecule has 22 heavy (non-hydrogen) atoms. The number of nitrogens with one attached hydrogen (secondary N) is 2. The Hall–Kier alpha value is -2.45. The van der Waals surface area contributed by atoms with E-state index in [1.165, 1.54) is 23.5 Å². The molecule has 2 rings (SSSR count). The summed E-state index contributed by atoms with van der Waals surface area (Å²) in [7, 11) is 0. The number of rotatable bonds is 7. The molecule has 1 amide bonds. The van der Waals surface area contributed by atoms with Gasteiger partial charge in [0.05, 0.1) is 17.6 Å². The van der Waals surface area contributed by atoms with Gasteiger partial charge in [0.2, 0.25) is 5.91 Å². The minimum Gasteiger partial charge on any atom is -0.387 e. The molecule has 1 aromatic heterocycles. The maximum atomic E-state index is 11.7. The maximum absolute atomic E-state index is 11.7. The summed E-state index contributed by atoms with van der Waals surface area (Å²) < 4.78 is 0. The Morgan fingerprint density at radius 3 is 2.82 bits per heavy atom. The van der Waals surface area contributed by atoms with E-state index in [1.54, 1.807) is 18.2 Å². The predicted octanol–water partition coefficient (Wildman–Crippen LogP) is 1.92. The van der Waals surface area contributed by atoms with Crippen molar-refractivity contribution in [3.8, 4) is 0 Å². The van der Waals surface area contributed by atoms with Crippen LogP contribution in [0.15, 0.2) is 41.1 Å². The fraction of sp³-hybridized carbons (Fsp3) is 0.214. The number of nitro benzene ring substituents is 1. The molecular weight excluding hydrogens is 306 g/mol. The molecule has 0 saturated carbocycles. The molecule has 116 valence electrons. The number of carbonyl (C=O) groups excluding carboxylic acids is 1. The Morgan fingerprint density at radius 2 is 2.14 bits per heavy atom. The molecule has 1 atom stereocenters. The van der Waals surface area contributed by atoms with E-state index in [-0.39, 0.29) is 30.4 Å². The third kappa shape index (κ3) is 4.27. The summed E-state index contributed by atoms with van der Waals surface area (Å²) in [4.78, 5) is 22.1. The fourth-order valence-electron chi connectivity index (χ4n) is 1.81. The molecule has 0 aliphatic carbocycles. The molecule has 0 bridgehead atoms. The lowest BCUT2D eigenvalue weighted by atomic mass is 10.2. The molecule has 0 fully saturated rings. The summed E-state index contributed by atoms with van der Waals surface area (Å²) in [6.07, 6.45) is -0.763. The Labute approximate surface area is 130 Å². The lowest BCUT2D eigenvalue weighted by Gasteiger charge is -2.11. The number of thiophene rings is 1. The first-order chi connectivity index (χ1) is 10.6. The van der Waals surface area contributed by atoms with Crippen molar-refractivity contribution in [3.05, 3.63) is 56.8 Å². The average molecular weight is 321 g/mol. The van der Waals surface area contributed by atoms with Crippen LogP contribution in [0.3, 0.4) is 0 Å². The summed E-state index contributed by atoms with van der Waals surface area (Å²) in [5, 5.41) is 29.6. The van der Waals surface area contributed by atoms with Gasteiger partial charge in [0.1, 0.15) is 5.69 Å². The van der Waals surface area contributed by atoms with Gasteiger partial charge in [0, 0.05) is 12.6 Å². The first kappa shape index (κ1) is 15.9. The summed E-state index contributed by atoms with van der Waals surface area (Å²) in [6.45, 7) is -0.0185. The van der Waals surface area contributed by atoms with Crippen molar-refractivity contribution in [3.63, 3.8) is 0 Å². The van der Waals surface area contributed by atoms with Crippen LogP contribution in [0.2, 0.25) is 0 Å². The number of aliphatic hydroxyl groups excluding tert-OH is 1. The van der Waals surface area contributed by atoms with E-state index in [4.69, 9.17) is 0 Å². The fourth-order valence-corrected chi connectivity index (χ4v) is 2.52. The molecule has 3 N–H and O–H groups in total. The smallest absolute Gasteiger partial charge is 0.292 e. The Balaban J connectivity index is 1.82. The van der Waals surface area contributed by atoms with Gasteiger partial charge in [-0.1, -0.05) is 12.1 Å². The van der Waals surface area contributed by atoms with Gasteiger partial charge >= 0.3 is 0 Å². The zero-order valence-corrected chi connectivity index (χ0v) is 12.4. The summed E-state index contributed by atoms with van der Waals surface area (Å²) in [6, 6.07) is 7.88. The lowest BCUT2D eigenvalue weighted by molar-refractivity contribution is -0.383. The van der Waals surface area contributed by atoms with Crippen LogP contribution < -0.4 is 10.6 Å². The van der Waals surface area contributed by atoms with Crippen LogP contribution in [0.4, 0.5) is 11.4 Å². The van der Waals surface area contributed by atoms with Gasteiger partial charge in [0.15, 0.2) is 0 Å². The molecule has 1 heterocycles. The van der Waals surface area contributed by atoms with Crippen molar-refractivity contribution >= 4 is 28.6 Å². The highest BCUT2D eigenvalue weighted by molar-refractivity contribution is 7.07. The van der Waals surface area contributed by atoms with E-state index >= 15 is 0 Å². The van der Waals surface area contributed by atoms with Crippen LogP contribution in [0, 0.1) is 10.1 Å². The predicted molar refractivity (Wildman–Crippen MR) is 83.9 cm³/mol. The topological polar surface area (TPSA) is 104 Å².